The molecule has 1 aliphatic rings. The van der Waals surface area contributed by atoms with Crippen molar-refractivity contribution in [3.8, 4) is 0 Å². The minimum absolute atomic E-state index is 0.0553. The van der Waals surface area contributed by atoms with E-state index in [0.717, 1.165) is 10.9 Å². The van der Waals surface area contributed by atoms with Crippen LogP contribution in [-0.4, -0.2) is 24.0 Å². The summed E-state index contributed by atoms with van der Waals surface area (Å²) in [5.74, 6) is 0.870. The van der Waals surface area contributed by atoms with Crippen molar-refractivity contribution in [2.75, 3.05) is 13.6 Å². The summed E-state index contributed by atoms with van der Waals surface area (Å²) in [6.07, 6.45) is 3.92. The summed E-state index contributed by atoms with van der Waals surface area (Å²) in [4.78, 5) is 2.40. The molecule has 2 rings (SSSR count). The molecule has 2 N–H and O–H groups in total. The average molecular weight is 281 g/mol. The van der Waals surface area contributed by atoms with Crippen molar-refractivity contribution >= 4 is 11.6 Å². The summed E-state index contributed by atoms with van der Waals surface area (Å²) in [5, 5.41) is 0.840. The van der Waals surface area contributed by atoms with Gasteiger partial charge in [-0.05, 0) is 44.9 Å². The smallest absolute Gasteiger partial charge is 0.0453 e. The highest BCUT2D eigenvalue weighted by Crippen LogP contribution is 2.40. The fraction of sp³-hybridized carbons (Fsp3) is 0.625. The molecule has 0 bridgehead atoms. The van der Waals surface area contributed by atoms with E-state index < -0.39 is 0 Å². The maximum Gasteiger partial charge on any atom is 0.0453 e. The normalized spacial score (nSPS) is 20.3. The van der Waals surface area contributed by atoms with Crippen molar-refractivity contribution in [2.45, 2.75) is 44.7 Å². The van der Waals surface area contributed by atoms with Gasteiger partial charge in [0.15, 0.2) is 0 Å². The third-order valence-corrected chi connectivity index (χ3v) is 5.00. The van der Waals surface area contributed by atoms with Crippen LogP contribution in [0.25, 0.3) is 0 Å². The highest BCUT2D eigenvalue weighted by Gasteiger charge is 2.37. The van der Waals surface area contributed by atoms with Crippen molar-refractivity contribution in [1.82, 2.24) is 4.90 Å². The summed E-state index contributed by atoms with van der Waals surface area (Å²) >= 11 is 6.32. The predicted molar refractivity (Wildman–Crippen MR) is 82.4 cm³/mol. The van der Waals surface area contributed by atoms with E-state index in [1.165, 1.54) is 24.8 Å². The van der Waals surface area contributed by atoms with Gasteiger partial charge in [-0.15, -0.1) is 0 Å². The van der Waals surface area contributed by atoms with Gasteiger partial charge in [0.05, 0.1) is 0 Å². The third kappa shape index (κ3) is 3.31. The molecule has 3 heteroatoms. The van der Waals surface area contributed by atoms with E-state index in [9.17, 15) is 0 Å². The highest BCUT2D eigenvalue weighted by atomic mass is 35.5. The molecule has 0 heterocycles. The zero-order valence-electron chi connectivity index (χ0n) is 12.2. The second-order valence-electron chi connectivity index (χ2n) is 6.16. The lowest BCUT2D eigenvalue weighted by molar-refractivity contribution is 0.0865. The first-order chi connectivity index (χ1) is 8.98. The average Bonchev–Trinajstić information content (AvgIpc) is 3.21. The lowest BCUT2D eigenvalue weighted by atomic mass is 9.90. The van der Waals surface area contributed by atoms with Gasteiger partial charge in [0.1, 0.15) is 0 Å². The fourth-order valence-corrected chi connectivity index (χ4v) is 3.10. The molecular formula is C16H25ClN2. The zero-order valence-corrected chi connectivity index (χ0v) is 13.0. The topological polar surface area (TPSA) is 29.3 Å². The van der Waals surface area contributed by atoms with Gasteiger partial charge >= 0.3 is 0 Å². The molecule has 1 aliphatic carbocycles. The molecule has 2 unspecified atom stereocenters. The molecule has 0 spiro atoms. The molecule has 1 fully saturated rings. The largest absolute Gasteiger partial charge is 0.329 e. The Morgan fingerprint density at radius 2 is 2.05 bits per heavy atom. The Hall–Kier alpha value is -0.570. The molecule has 0 radical (unpaired) electrons. The number of likely N-dealkylation sites (N-methyl/N-ethyl adjacent to an activating group) is 1. The Balaban J connectivity index is 2.16. The third-order valence-electron chi connectivity index (χ3n) is 4.65. The first kappa shape index (κ1) is 14.8. The Morgan fingerprint density at radius 1 is 1.42 bits per heavy atom. The highest BCUT2D eigenvalue weighted by molar-refractivity contribution is 6.31. The molecule has 2 atom stereocenters. The standard InChI is InChI=1S/C16H25ClN2/c1-12(14-6-4-5-7-15(14)17)19(3)16(2,11-18)10-13-8-9-13/h4-7,12-13H,8-11,18H2,1-3H3. The van der Waals surface area contributed by atoms with Crippen LogP contribution in [0.3, 0.4) is 0 Å². The van der Waals surface area contributed by atoms with Crippen molar-refractivity contribution < 1.29 is 0 Å². The van der Waals surface area contributed by atoms with Crippen LogP contribution in [0.1, 0.15) is 44.7 Å². The molecule has 0 amide bonds. The van der Waals surface area contributed by atoms with E-state index in [1.54, 1.807) is 0 Å². The van der Waals surface area contributed by atoms with Gasteiger partial charge in [-0.25, -0.2) is 0 Å². The van der Waals surface area contributed by atoms with Crippen LogP contribution in [0.15, 0.2) is 24.3 Å². The minimum Gasteiger partial charge on any atom is -0.329 e. The second kappa shape index (κ2) is 5.82. The second-order valence-corrected chi connectivity index (χ2v) is 6.56. The van der Waals surface area contributed by atoms with Crippen LogP contribution in [0.5, 0.6) is 0 Å². The van der Waals surface area contributed by atoms with Crippen LogP contribution in [0, 0.1) is 5.92 Å². The minimum atomic E-state index is 0.0553. The van der Waals surface area contributed by atoms with Gasteiger partial charge < -0.3 is 5.73 Å². The SMILES string of the molecule is CC(c1ccccc1Cl)N(C)C(C)(CN)CC1CC1. The molecule has 0 saturated heterocycles. The van der Waals surface area contributed by atoms with Crippen molar-refractivity contribution in [3.05, 3.63) is 34.9 Å². The Kier molecular flexibility index (Phi) is 4.54. The maximum atomic E-state index is 6.32. The molecule has 0 aromatic heterocycles. The predicted octanol–water partition coefficient (Wildman–Crippen LogP) is 3.85. The first-order valence-electron chi connectivity index (χ1n) is 7.15. The van der Waals surface area contributed by atoms with E-state index in [0.29, 0.717) is 6.54 Å². The number of rotatable bonds is 6. The van der Waals surface area contributed by atoms with E-state index in [2.05, 4.69) is 31.9 Å². The lowest BCUT2D eigenvalue weighted by Gasteiger charge is -2.42. The zero-order chi connectivity index (χ0) is 14.0. The molecule has 1 aromatic rings. The van der Waals surface area contributed by atoms with Gasteiger partial charge in [-0.3, -0.25) is 4.90 Å². The Labute approximate surface area is 121 Å². The van der Waals surface area contributed by atoms with E-state index >= 15 is 0 Å². The van der Waals surface area contributed by atoms with E-state index in [4.69, 9.17) is 17.3 Å². The van der Waals surface area contributed by atoms with Crippen molar-refractivity contribution in [1.29, 1.82) is 0 Å². The monoisotopic (exact) mass is 280 g/mol. The summed E-state index contributed by atoms with van der Waals surface area (Å²) < 4.78 is 0. The summed E-state index contributed by atoms with van der Waals surface area (Å²) in [6.45, 7) is 5.18. The van der Waals surface area contributed by atoms with Gasteiger partial charge in [0, 0.05) is 23.1 Å². The van der Waals surface area contributed by atoms with Crippen LogP contribution in [-0.2, 0) is 0 Å². The number of hydrogen-bond acceptors (Lipinski definition) is 2. The van der Waals surface area contributed by atoms with Gasteiger partial charge in [0.2, 0.25) is 0 Å². The molecule has 106 valence electrons. The molecule has 19 heavy (non-hydrogen) atoms. The quantitative estimate of drug-likeness (QED) is 0.858. The Morgan fingerprint density at radius 3 is 2.58 bits per heavy atom. The van der Waals surface area contributed by atoms with Gasteiger partial charge in [0.25, 0.3) is 0 Å². The van der Waals surface area contributed by atoms with Crippen molar-refractivity contribution in [2.24, 2.45) is 11.7 Å². The molecular weight excluding hydrogens is 256 g/mol. The van der Waals surface area contributed by atoms with Crippen LogP contribution in [0.2, 0.25) is 5.02 Å². The molecule has 1 aromatic carbocycles. The van der Waals surface area contributed by atoms with E-state index in [1.807, 2.05) is 18.2 Å². The summed E-state index contributed by atoms with van der Waals surface area (Å²) in [5.41, 5.74) is 7.30. The molecule has 0 aliphatic heterocycles. The number of hydrogen-bond donors (Lipinski definition) is 1. The van der Waals surface area contributed by atoms with Crippen LogP contribution < -0.4 is 5.73 Å². The van der Waals surface area contributed by atoms with Crippen LogP contribution in [0.4, 0.5) is 0 Å². The number of benzene rings is 1. The molecule has 1 saturated carbocycles. The van der Waals surface area contributed by atoms with Gasteiger partial charge in [-0.2, -0.15) is 0 Å². The first-order valence-corrected chi connectivity index (χ1v) is 7.53. The summed E-state index contributed by atoms with van der Waals surface area (Å²) in [7, 11) is 2.17. The fourth-order valence-electron chi connectivity index (χ4n) is 2.81. The summed E-state index contributed by atoms with van der Waals surface area (Å²) in [6, 6.07) is 8.37. The Bertz CT molecular complexity index is 431. The lowest BCUT2D eigenvalue weighted by Crippen LogP contribution is -2.51. The number of nitrogens with zero attached hydrogens (tertiary/aromatic N) is 1. The number of halogens is 1. The number of nitrogens with two attached hydrogens (primary N) is 1. The maximum absolute atomic E-state index is 6.32. The van der Waals surface area contributed by atoms with E-state index in [-0.39, 0.29) is 11.6 Å². The molecule has 2 nitrogen and oxygen atoms in total. The van der Waals surface area contributed by atoms with Crippen molar-refractivity contribution in [3.63, 3.8) is 0 Å². The van der Waals surface area contributed by atoms with Crippen LogP contribution >= 0.6 is 11.6 Å². The van der Waals surface area contributed by atoms with Gasteiger partial charge in [-0.1, -0.05) is 42.6 Å².